The predicted molar refractivity (Wildman–Crippen MR) is 146 cm³/mol. The van der Waals surface area contributed by atoms with Crippen LogP contribution in [0.4, 0.5) is 11.4 Å². The number of aromatic nitrogens is 1. The van der Waals surface area contributed by atoms with E-state index < -0.39 is 5.41 Å². The molecule has 4 rings (SSSR count). The third-order valence-corrected chi connectivity index (χ3v) is 6.57. The Balaban J connectivity index is 1.51. The summed E-state index contributed by atoms with van der Waals surface area (Å²) in [5, 5.41) is 2.89. The minimum atomic E-state index is -0.600. The van der Waals surface area contributed by atoms with Crippen molar-refractivity contribution >= 4 is 42.2 Å². The van der Waals surface area contributed by atoms with E-state index in [2.05, 4.69) is 23.2 Å². The topological polar surface area (TPSA) is 99.0 Å². The van der Waals surface area contributed by atoms with Crippen LogP contribution in [-0.4, -0.2) is 48.5 Å². The molecule has 1 aliphatic heterocycles. The maximum Gasteiger partial charge on any atom is 0.273 e. The Kier molecular flexibility index (Phi) is 8.21. The lowest BCUT2D eigenvalue weighted by atomic mass is 9.86. The molecule has 0 aliphatic carbocycles. The van der Waals surface area contributed by atoms with E-state index >= 15 is 0 Å². The molecule has 9 nitrogen and oxygen atoms in total. The minimum Gasteiger partial charge on any atom is -0.494 e. The van der Waals surface area contributed by atoms with Crippen molar-refractivity contribution in [2.75, 3.05) is 26.1 Å². The number of benzene rings is 2. The summed E-state index contributed by atoms with van der Waals surface area (Å²) in [5.74, 6) is 1.05. The number of carbonyl (C=O) groups is 2. The lowest BCUT2D eigenvalue weighted by Gasteiger charge is -2.16. The molecule has 1 aliphatic rings. The minimum absolute atomic E-state index is 0.0253. The number of methoxy groups -OCH3 is 2. The Morgan fingerprint density at radius 3 is 2.66 bits per heavy atom. The number of anilines is 1. The maximum absolute atomic E-state index is 13.5. The van der Waals surface area contributed by atoms with Crippen molar-refractivity contribution in [1.29, 1.82) is 0 Å². The quantitative estimate of drug-likeness (QED) is 0.0683. The standard InChI is InChI=1S/C28H29N3O6S/c1-28(2)20-16-19(9-10-21(20)30-27(28)33)36-15-6-5-14-31(37-38)22-11-12-23(34-3)26(35-4)24(22)25(32)18-8-7-13-29-17-18/h7-14,16-17H,5-6,15H2,1-4H3,(H-,30,33,38)/p+1. The van der Waals surface area contributed by atoms with Gasteiger partial charge in [0.05, 0.1) is 26.2 Å². The van der Waals surface area contributed by atoms with Crippen LogP contribution >= 0.6 is 12.9 Å². The van der Waals surface area contributed by atoms with Gasteiger partial charge in [-0.2, -0.15) is 4.28 Å². The largest absolute Gasteiger partial charge is 0.494 e. The second-order valence-corrected chi connectivity index (χ2v) is 9.30. The van der Waals surface area contributed by atoms with Gasteiger partial charge < -0.3 is 19.5 Å². The number of carbonyl (C=O) groups excluding carboxylic acids is 2. The normalized spacial score (nSPS) is 13.9. The third-order valence-electron chi connectivity index (χ3n) is 6.39. The summed E-state index contributed by atoms with van der Waals surface area (Å²) in [6.07, 6.45) is 6.08. The first-order valence-corrected chi connectivity index (χ1v) is 12.4. The van der Waals surface area contributed by atoms with E-state index in [0.717, 1.165) is 11.3 Å². The molecule has 0 spiro atoms. The second-order valence-electron chi connectivity index (χ2n) is 9.13. The van der Waals surface area contributed by atoms with Gasteiger partial charge >= 0.3 is 0 Å². The molecule has 0 saturated carbocycles. The van der Waals surface area contributed by atoms with Crippen LogP contribution in [0, 0.1) is 0 Å². The highest BCUT2D eigenvalue weighted by molar-refractivity contribution is 7.74. The molecule has 1 amide bonds. The average molecular weight is 537 g/mol. The Morgan fingerprint density at radius 1 is 1.16 bits per heavy atom. The van der Waals surface area contributed by atoms with Gasteiger partial charge in [0.1, 0.15) is 24.2 Å². The van der Waals surface area contributed by atoms with Gasteiger partial charge in [-0.05, 0) is 62.2 Å². The molecule has 198 valence electrons. The molecule has 10 heteroatoms. The van der Waals surface area contributed by atoms with E-state index in [4.69, 9.17) is 18.5 Å². The number of unbranched alkanes of at least 4 members (excludes halogenated alkanes) is 1. The molecule has 0 radical (unpaired) electrons. The van der Waals surface area contributed by atoms with Crippen LogP contribution in [0.1, 0.15) is 48.2 Å². The van der Waals surface area contributed by atoms with E-state index in [1.165, 1.54) is 25.2 Å². The molecule has 0 saturated heterocycles. The average Bonchev–Trinajstić information content (AvgIpc) is 3.17. The highest BCUT2D eigenvalue weighted by Crippen LogP contribution is 2.40. The van der Waals surface area contributed by atoms with Crippen LogP contribution in [0.2, 0.25) is 0 Å². The van der Waals surface area contributed by atoms with E-state index in [1.807, 2.05) is 32.0 Å². The summed E-state index contributed by atoms with van der Waals surface area (Å²) < 4.78 is 23.6. The maximum atomic E-state index is 13.5. The smallest absolute Gasteiger partial charge is 0.273 e. The Hall–Kier alpha value is -4.05. The van der Waals surface area contributed by atoms with Crippen molar-refractivity contribution in [1.82, 2.24) is 4.98 Å². The molecule has 0 bridgehead atoms. The van der Waals surface area contributed by atoms with Gasteiger partial charge in [-0.15, -0.1) is 0 Å². The van der Waals surface area contributed by atoms with Gasteiger partial charge in [0.2, 0.25) is 17.9 Å². The number of ketones is 1. The van der Waals surface area contributed by atoms with E-state index in [9.17, 15) is 9.59 Å². The van der Waals surface area contributed by atoms with Crippen LogP contribution < -0.4 is 19.5 Å². The summed E-state index contributed by atoms with van der Waals surface area (Å²) in [5.41, 5.74) is 2.21. The zero-order chi connectivity index (χ0) is 27.3. The number of rotatable bonds is 11. The summed E-state index contributed by atoms with van der Waals surface area (Å²) >= 11 is 4.02. The summed E-state index contributed by atoms with van der Waals surface area (Å²) in [7, 11) is 2.98. The van der Waals surface area contributed by atoms with E-state index in [1.54, 1.807) is 36.7 Å². The number of nitrogens with zero attached hydrogens (tertiary/aromatic N) is 2. The highest BCUT2D eigenvalue weighted by atomic mass is 32.1. The molecule has 38 heavy (non-hydrogen) atoms. The van der Waals surface area contributed by atoms with Crippen molar-refractivity contribution in [3.05, 3.63) is 71.5 Å². The van der Waals surface area contributed by atoms with Gasteiger partial charge in [-0.1, -0.05) is 0 Å². The zero-order valence-electron chi connectivity index (χ0n) is 21.7. The number of thiol groups is 1. The van der Waals surface area contributed by atoms with Crippen LogP contribution in [0.15, 0.2) is 54.9 Å². The zero-order valence-corrected chi connectivity index (χ0v) is 22.6. The van der Waals surface area contributed by atoms with Crippen LogP contribution in [0.25, 0.3) is 0 Å². The fourth-order valence-corrected chi connectivity index (χ4v) is 4.41. The van der Waals surface area contributed by atoms with Gasteiger partial charge in [-0.3, -0.25) is 14.6 Å². The summed E-state index contributed by atoms with van der Waals surface area (Å²) in [4.78, 5) is 29.7. The highest BCUT2D eigenvalue weighted by Gasteiger charge is 2.38. The number of amides is 1. The lowest BCUT2D eigenvalue weighted by Crippen LogP contribution is -2.26. The Bertz CT molecular complexity index is 1370. The molecule has 0 fully saturated rings. The van der Waals surface area contributed by atoms with Gasteiger partial charge in [-0.25, -0.2) is 0 Å². The molecular weight excluding hydrogens is 506 g/mol. The number of nitrogens with one attached hydrogen (secondary N) is 1. The van der Waals surface area contributed by atoms with Gasteiger partial charge in [0, 0.05) is 40.9 Å². The van der Waals surface area contributed by atoms with Gasteiger partial charge in [0.25, 0.3) is 5.69 Å². The molecule has 1 aromatic heterocycles. The number of ether oxygens (including phenoxy) is 3. The van der Waals surface area contributed by atoms with Crippen molar-refractivity contribution in [2.45, 2.75) is 32.1 Å². The Morgan fingerprint density at radius 2 is 1.97 bits per heavy atom. The molecule has 2 heterocycles. The number of hydrogen-bond donors (Lipinski definition) is 2. The van der Waals surface area contributed by atoms with Crippen molar-refractivity contribution in [3.8, 4) is 17.2 Å². The van der Waals surface area contributed by atoms with Crippen LogP contribution in [-0.2, 0) is 14.5 Å². The first kappa shape index (κ1) is 27.0. The number of hydrogen-bond acceptors (Lipinski definition) is 8. The van der Waals surface area contributed by atoms with Crippen molar-refractivity contribution < 1.29 is 32.8 Å². The van der Waals surface area contributed by atoms with E-state index in [-0.39, 0.29) is 23.0 Å². The fraction of sp³-hybridized carbons (Fsp3) is 0.286. The second kappa shape index (κ2) is 11.6. The summed E-state index contributed by atoms with van der Waals surface area (Å²) in [6.45, 7) is 4.21. The molecular formula is C28H30N3O6S+. The molecule has 0 unspecified atom stereocenters. The molecule has 1 N–H and O–H groups in total. The number of fused-ring (bicyclic) bond motifs is 1. The fourth-order valence-electron chi connectivity index (χ4n) is 4.26. The van der Waals surface area contributed by atoms with Crippen molar-refractivity contribution in [3.63, 3.8) is 0 Å². The van der Waals surface area contributed by atoms with Crippen LogP contribution in [0.3, 0.4) is 0 Å². The van der Waals surface area contributed by atoms with Crippen LogP contribution in [0.5, 0.6) is 17.2 Å². The Labute approximate surface area is 227 Å². The first-order chi connectivity index (χ1) is 18.3. The predicted octanol–water partition coefficient (Wildman–Crippen LogP) is 4.91. The SMILES string of the molecule is COc1ccc([N+](=CCCCOc2ccc3c(c2)C(C)(C)C(=O)N3)OS)c(C(=O)c2cccnc2)c1OC. The van der Waals surface area contributed by atoms with Crippen molar-refractivity contribution in [2.24, 2.45) is 0 Å². The first-order valence-electron chi connectivity index (χ1n) is 12.0. The molecule has 0 atom stereocenters. The van der Waals surface area contributed by atoms with E-state index in [0.29, 0.717) is 42.2 Å². The monoisotopic (exact) mass is 536 g/mol. The lowest BCUT2D eigenvalue weighted by molar-refractivity contribution is -0.672. The molecule has 2 aromatic carbocycles. The third kappa shape index (κ3) is 5.31. The summed E-state index contributed by atoms with van der Waals surface area (Å²) in [6, 6.07) is 12.4. The number of pyridine rings is 1. The van der Waals surface area contributed by atoms with Gasteiger partial charge in [0.15, 0.2) is 11.5 Å². The molecule has 3 aromatic rings.